The quantitative estimate of drug-likeness (QED) is 0.517. The van der Waals surface area contributed by atoms with Crippen LogP contribution in [0.15, 0.2) is 24.3 Å². The lowest BCUT2D eigenvalue weighted by Gasteiger charge is -2.33. The van der Waals surface area contributed by atoms with Crippen molar-refractivity contribution in [2.45, 2.75) is 64.0 Å². The molecule has 0 unspecified atom stereocenters. The molecule has 0 aromatic heterocycles. The first-order valence-electron chi connectivity index (χ1n) is 11.7. The van der Waals surface area contributed by atoms with Gasteiger partial charge in [-0.05, 0) is 44.7 Å². The molecule has 0 radical (unpaired) electrons. The van der Waals surface area contributed by atoms with Gasteiger partial charge in [-0.15, -0.1) is 0 Å². The van der Waals surface area contributed by atoms with Gasteiger partial charge in [-0.25, -0.2) is 9.59 Å². The number of ether oxygens (including phenoxy) is 1. The molecule has 1 aromatic rings. The van der Waals surface area contributed by atoms with Crippen LogP contribution in [-0.2, 0) is 4.79 Å². The van der Waals surface area contributed by atoms with Crippen molar-refractivity contribution in [2.24, 2.45) is 0 Å². The highest BCUT2D eigenvalue weighted by atomic mass is 16.5. The van der Waals surface area contributed by atoms with Gasteiger partial charge < -0.3 is 30.9 Å². The highest BCUT2D eigenvalue weighted by Gasteiger charge is 2.25. The van der Waals surface area contributed by atoms with Crippen molar-refractivity contribution >= 4 is 23.7 Å². The molecule has 0 bridgehead atoms. The summed E-state index contributed by atoms with van der Waals surface area (Å²) in [5, 5.41) is 11.7. The lowest BCUT2D eigenvalue weighted by atomic mass is 9.96. The number of piperidine rings is 1. The number of benzene rings is 1. The Hall–Kier alpha value is -2.97. The van der Waals surface area contributed by atoms with Gasteiger partial charge in [0.15, 0.2) is 6.61 Å². The monoisotopic (exact) mass is 445 g/mol. The van der Waals surface area contributed by atoms with E-state index in [1.807, 2.05) is 6.92 Å². The molecule has 2 aliphatic rings. The van der Waals surface area contributed by atoms with Gasteiger partial charge in [0.2, 0.25) is 0 Å². The summed E-state index contributed by atoms with van der Waals surface area (Å²) >= 11 is 0. The molecule has 0 atom stereocenters. The lowest BCUT2D eigenvalue weighted by molar-refractivity contribution is -0.122. The third-order valence-corrected chi connectivity index (χ3v) is 5.89. The largest absolute Gasteiger partial charge is 0.484 e. The molecule has 1 heterocycles. The van der Waals surface area contributed by atoms with Crippen LogP contribution in [0.25, 0.3) is 0 Å². The summed E-state index contributed by atoms with van der Waals surface area (Å²) in [5.41, 5.74) is 0.607. The number of hydrogen-bond donors (Lipinski definition) is 4. The fraction of sp³-hybridized carbons (Fsp3) is 0.609. The predicted octanol–water partition coefficient (Wildman–Crippen LogP) is 2.83. The maximum atomic E-state index is 12.6. The van der Waals surface area contributed by atoms with Crippen molar-refractivity contribution in [1.29, 1.82) is 0 Å². The summed E-state index contributed by atoms with van der Waals surface area (Å²) in [7, 11) is 0. The number of amides is 5. The molecule has 2 fully saturated rings. The SMILES string of the molecule is CCNC(=O)COc1cccc(NC(=O)N2CCC(NC(=O)NC3CCCCC3)CC2)c1. The van der Waals surface area contributed by atoms with E-state index in [1.165, 1.54) is 19.3 Å². The second kappa shape index (κ2) is 12.2. The Labute approximate surface area is 189 Å². The number of likely N-dealkylation sites (N-methyl/N-ethyl adjacent to an activating group) is 1. The molecule has 0 spiro atoms. The zero-order chi connectivity index (χ0) is 22.8. The van der Waals surface area contributed by atoms with Crippen LogP contribution >= 0.6 is 0 Å². The van der Waals surface area contributed by atoms with Crippen molar-refractivity contribution in [3.8, 4) is 5.75 Å². The Morgan fingerprint density at radius 1 is 1.00 bits per heavy atom. The number of carbonyl (C=O) groups is 3. The maximum absolute atomic E-state index is 12.6. The molecule has 4 N–H and O–H groups in total. The zero-order valence-corrected chi connectivity index (χ0v) is 18.8. The molecule has 1 saturated carbocycles. The van der Waals surface area contributed by atoms with Crippen LogP contribution in [0, 0.1) is 0 Å². The standard InChI is InChI=1S/C23H35N5O4/c1-2-24-21(29)16-32-20-10-6-9-19(15-20)27-23(31)28-13-11-18(12-14-28)26-22(30)25-17-7-4-3-5-8-17/h6,9-10,15,17-18H,2-5,7-8,11-14,16H2,1H3,(H,24,29)(H,27,31)(H2,25,26,30). The molecule has 1 aliphatic heterocycles. The van der Waals surface area contributed by atoms with Crippen molar-refractivity contribution in [3.63, 3.8) is 0 Å². The molecular formula is C23H35N5O4. The predicted molar refractivity (Wildman–Crippen MR) is 123 cm³/mol. The zero-order valence-electron chi connectivity index (χ0n) is 18.8. The highest BCUT2D eigenvalue weighted by molar-refractivity contribution is 5.89. The van der Waals surface area contributed by atoms with E-state index in [0.29, 0.717) is 31.1 Å². The van der Waals surface area contributed by atoms with E-state index >= 15 is 0 Å². The van der Waals surface area contributed by atoms with Crippen LogP contribution in [0.4, 0.5) is 15.3 Å². The number of carbonyl (C=O) groups excluding carboxylic acids is 3. The molecule has 1 aliphatic carbocycles. The number of nitrogens with zero attached hydrogens (tertiary/aromatic N) is 1. The van der Waals surface area contributed by atoms with Gasteiger partial charge in [0.05, 0.1) is 0 Å². The summed E-state index contributed by atoms with van der Waals surface area (Å²) in [4.78, 5) is 38.2. The number of rotatable bonds is 7. The molecular weight excluding hydrogens is 410 g/mol. The molecule has 9 heteroatoms. The second-order valence-electron chi connectivity index (χ2n) is 8.41. The van der Waals surface area contributed by atoms with Crippen LogP contribution in [0.1, 0.15) is 51.9 Å². The molecule has 176 valence electrons. The minimum atomic E-state index is -0.189. The average Bonchev–Trinajstić information content (AvgIpc) is 2.79. The average molecular weight is 446 g/mol. The van der Waals surface area contributed by atoms with E-state index in [-0.39, 0.29) is 36.7 Å². The number of likely N-dealkylation sites (tertiary alicyclic amines) is 1. The minimum absolute atomic E-state index is 0.0694. The fourth-order valence-electron chi connectivity index (χ4n) is 4.15. The van der Waals surface area contributed by atoms with Crippen LogP contribution in [0.5, 0.6) is 5.75 Å². The van der Waals surface area contributed by atoms with Crippen LogP contribution in [0.3, 0.4) is 0 Å². The maximum Gasteiger partial charge on any atom is 0.321 e. The first-order chi connectivity index (χ1) is 15.5. The van der Waals surface area contributed by atoms with Crippen molar-refractivity contribution in [2.75, 3.05) is 31.6 Å². The molecule has 5 amide bonds. The van der Waals surface area contributed by atoms with E-state index in [0.717, 1.165) is 25.7 Å². The minimum Gasteiger partial charge on any atom is -0.484 e. The second-order valence-corrected chi connectivity index (χ2v) is 8.41. The van der Waals surface area contributed by atoms with Crippen LogP contribution in [-0.4, -0.2) is 61.2 Å². The van der Waals surface area contributed by atoms with Gasteiger partial charge in [-0.1, -0.05) is 25.3 Å². The molecule has 3 rings (SSSR count). The van der Waals surface area contributed by atoms with Crippen LogP contribution in [0.2, 0.25) is 0 Å². The topological polar surface area (TPSA) is 112 Å². The number of hydrogen-bond acceptors (Lipinski definition) is 4. The van der Waals surface area contributed by atoms with Gasteiger partial charge in [-0.3, -0.25) is 4.79 Å². The molecule has 32 heavy (non-hydrogen) atoms. The Morgan fingerprint density at radius 2 is 1.69 bits per heavy atom. The third-order valence-electron chi connectivity index (χ3n) is 5.89. The number of urea groups is 2. The number of nitrogens with one attached hydrogen (secondary N) is 4. The Balaban J connectivity index is 1.39. The fourth-order valence-corrected chi connectivity index (χ4v) is 4.15. The highest BCUT2D eigenvalue weighted by Crippen LogP contribution is 2.19. The summed E-state index contributed by atoms with van der Waals surface area (Å²) < 4.78 is 5.47. The Bertz CT molecular complexity index is 773. The van der Waals surface area contributed by atoms with E-state index in [2.05, 4.69) is 21.3 Å². The van der Waals surface area contributed by atoms with Gasteiger partial charge in [0.1, 0.15) is 5.75 Å². The van der Waals surface area contributed by atoms with E-state index in [9.17, 15) is 14.4 Å². The van der Waals surface area contributed by atoms with Gasteiger partial charge in [0.25, 0.3) is 5.91 Å². The third kappa shape index (κ3) is 7.62. The van der Waals surface area contributed by atoms with Crippen molar-refractivity contribution in [1.82, 2.24) is 20.9 Å². The molecule has 1 saturated heterocycles. The van der Waals surface area contributed by atoms with Gasteiger partial charge >= 0.3 is 12.1 Å². The summed E-state index contributed by atoms with van der Waals surface area (Å²) in [6, 6.07) is 7.07. The van der Waals surface area contributed by atoms with E-state index in [1.54, 1.807) is 29.2 Å². The number of anilines is 1. The molecule has 1 aromatic carbocycles. The summed E-state index contributed by atoms with van der Waals surface area (Å²) in [5.74, 6) is 0.326. The van der Waals surface area contributed by atoms with Crippen molar-refractivity contribution in [3.05, 3.63) is 24.3 Å². The lowest BCUT2D eigenvalue weighted by Crippen LogP contribution is -2.51. The van der Waals surface area contributed by atoms with E-state index < -0.39 is 0 Å². The normalized spacial score (nSPS) is 17.3. The van der Waals surface area contributed by atoms with Crippen molar-refractivity contribution < 1.29 is 19.1 Å². The Morgan fingerprint density at radius 3 is 2.38 bits per heavy atom. The van der Waals surface area contributed by atoms with Gasteiger partial charge in [0, 0.05) is 43.5 Å². The smallest absolute Gasteiger partial charge is 0.321 e. The first-order valence-corrected chi connectivity index (χ1v) is 11.7. The van der Waals surface area contributed by atoms with Crippen LogP contribution < -0.4 is 26.0 Å². The van der Waals surface area contributed by atoms with E-state index in [4.69, 9.17) is 4.74 Å². The molecule has 9 nitrogen and oxygen atoms in total. The summed E-state index contributed by atoms with van der Waals surface area (Å²) in [6.07, 6.45) is 7.19. The summed E-state index contributed by atoms with van der Waals surface area (Å²) in [6.45, 7) is 3.48. The Kier molecular flexibility index (Phi) is 9.01. The van der Waals surface area contributed by atoms with Gasteiger partial charge in [-0.2, -0.15) is 0 Å². The first kappa shape index (κ1) is 23.7.